The molecule has 0 bridgehead atoms. The Hall–Kier alpha value is -9.59. The Morgan fingerprint density at radius 2 is 0.686 bits per heavy atom. The molecule has 15 rings (SSSR count). The van der Waals surface area contributed by atoms with Crippen LogP contribution in [0.2, 0.25) is 0 Å². The fraction of sp³-hybridized carbons (Fsp3) is 0. The first-order valence-corrected chi connectivity index (χ1v) is 23.6. The molecule has 0 aliphatic rings. The van der Waals surface area contributed by atoms with Gasteiger partial charge in [-0.1, -0.05) is 170 Å². The largest absolute Gasteiger partial charge is 0.454 e. The number of nitrogens with zero attached hydrogens (tertiary/aromatic N) is 6. The lowest BCUT2D eigenvalue weighted by molar-refractivity contribution is 0.666. The molecule has 10 aromatic carbocycles. The van der Waals surface area contributed by atoms with Crippen LogP contribution in [-0.2, 0) is 0 Å². The Morgan fingerprint density at radius 3 is 1.19 bits per heavy atom. The van der Waals surface area contributed by atoms with E-state index >= 15 is 0 Å². The molecule has 0 atom stereocenters. The molecule has 0 unspecified atom stereocenters. The van der Waals surface area contributed by atoms with Gasteiger partial charge in [0, 0.05) is 71.2 Å². The van der Waals surface area contributed by atoms with Crippen molar-refractivity contribution in [2.45, 2.75) is 0 Å². The summed E-state index contributed by atoms with van der Waals surface area (Å²) in [5, 5.41) is 8.95. The maximum absolute atomic E-state index is 7.20. The second-order valence-corrected chi connectivity index (χ2v) is 17.9. The Morgan fingerprint density at radius 1 is 0.300 bits per heavy atom. The zero-order valence-corrected chi connectivity index (χ0v) is 37.5. The molecule has 0 N–H and O–H groups in total. The zero-order chi connectivity index (χ0) is 45.9. The van der Waals surface area contributed by atoms with Gasteiger partial charge in [0.2, 0.25) is 0 Å². The Kier molecular flexibility index (Phi) is 8.23. The van der Waals surface area contributed by atoms with Gasteiger partial charge in [-0.25, -0.2) is 15.0 Å². The minimum Gasteiger partial charge on any atom is -0.454 e. The van der Waals surface area contributed by atoms with E-state index < -0.39 is 0 Å². The van der Waals surface area contributed by atoms with Gasteiger partial charge in [-0.05, 0) is 60.7 Å². The lowest BCUT2D eigenvalue weighted by Gasteiger charge is -2.14. The van der Waals surface area contributed by atoms with Crippen LogP contribution in [0.5, 0.6) is 0 Å². The topological polar surface area (TPSA) is 66.6 Å². The third-order valence-corrected chi connectivity index (χ3v) is 14.0. The van der Waals surface area contributed by atoms with Crippen LogP contribution < -0.4 is 0 Å². The molecule has 0 aliphatic heterocycles. The summed E-state index contributed by atoms with van der Waals surface area (Å²) in [5.74, 6) is 1.78. The molecule has 70 heavy (non-hydrogen) atoms. The third kappa shape index (κ3) is 5.48. The summed E-state index contributed by atoms with van der Waals surface area (Å²) >= 11 is 0. The SMILES string of the molecule is c1ccc(-c2nc(-c3ccccc3)nc(-c3ccc(-n4c5ccccc5c5c6c(c7ccccc7n6-c6ccccc6)c6c(c7ccccc7n6-c6ccccc6)c54)c4oc5ccccc5c34)n2)cc1. The first-order chi connectivity index (χ1) is 34.8. The predicted octanol–water partition coefficient (Wildman–Crippen LogP) is 16.1. The predicted molar refractivity (Wildman–Crippen MR) is 286 cm³/mol. The summed E-state index contributed by atoms with van der Waals surface area (Å²) < 4.78 is 14.6. The van der Waals surface area contributed by atoms with Crippen molar-refractivity contribution in [3.63, 3.8) is 0 Å². The van der Waals surface area contributed by atoms with E-state index in [4.69, 9.17) is 19.4 Å². The lowest BCUT2D eigenvalue weighted by Crippen LogP contribution is -2.01. The molecule has 0 fully saturated rings. The van der Waals surface area contributed by atoms with Crippen molar-refractivity contribution < 1.29 is 4.42 Å². The van der Waals surface area contributed by atoms with Gasteiger partial charge in [0.05, 0.1) is 38.8 Å². The van der Waals surface area contributed by atoms with Gasteiger partial charge in [-0.3, -0.25) is 0 Å². The highest BCUT2D eigenvalue weighted by molar-refractivity contribution is 6.40. The molecule has 0 saturated carbocycles. The number of aromatic nitrogens is 6. The summed E-state index contributed by atoms with van der Waals surface area (Å²) in [5.41, 5.74) is 14.1. The fourth-order valence-corrected chi connectivity index (χ4v) is 11.2. The van der Waals surface area contributed by atoms with Crippen LogP contribution in [0.1, 0.15) is 0 Å². The molecule has 7 heteroatoms. The normalized spacial score (nSPS) is 12.0. The van der Waals surface area contributed by atoms with Crippen molar-refractivity contribution in [3.05, 3.63) is 231 Å². The number of fused-ring (bicyclic) bond motifs is 15. The molecule has 0 aliphatic carbocycles. The zero-order valence-electron chi connectivity index (χ0n) is 37.5. The Bertz CT molecular complexity index is 4440. The van der Waals surface area contributed by atoms with Gasteiger partial charge in [-0.15, -0.1) is 0 Å². The molecule has 15 aromatic rings. The molecule has 0 spiro atoms. The van der Waals surface area contributed by atoms with Gasteiger partial charge >= 0.3 is 0 Å². The molecule has 5 aromatic heterocycles. The van der Waals surface area contributed by atoms with Crippen LogP contribution in [0.25, 0.3) is 139 Å². The molecular weight excluding hydrogens is 857 g/mol. The molecular formula is C63H38N6O. The second-order valence-electron chi connectivity index (χ2n) is 17.9. The lowest BCUT2D eigenvalue weighted by atomic mass is 10.0. The Balaban J connectivity index is 1.15. The van der Waals surface area contributed by atoms with E-state index in [0.29, 0.717) is 17.5 Å². The minimum atomic E-state index is 0.570. The average Bonchev–Trinajstić information content (AvgIpc) is 4.19. The van der Waals surface area contributed by atoms with Crippen LogP contribution in [0.15, 0.2) is 235 Å². The molecule has 5 heterocycles. The van der Waals surface area contributed by atoms with Crippen molar-refractivity contribution in [1.29, 1.82) is 0 Å². The van der Waals surface area contributed by atoms with E-state index in [-0.39, 0.29) is 0 Å². The van der Waals surface area contributed by atoms with Gasteiger partial charge in [-0.2, -0.15) is 0 Å². The van der Waals surface area contributed by atoms with Crippen LogP contribution in [-0.4, -0.2) is 28.7 Å². The number of para-hydroxylation sites is 6. The summed E-state index contributed by atoms with van der Waals surface area (Å²) in [4.78, 5) is 15.6. The number of rotatable bonds is 6. The monoisotopic (exact) mass is 894 g/mol. The number of benzene rings is 10. The van der Waals surface area contributed by atoms with Crippen LogP contribution in [0, 0.1) is 0 Å². The van der Waals surface area contributed by atoms with Crippen molar-refractivity contribution in [2.24, 2.45) is 0 Å². The minimum absolute atomic E-state index is 0.570. The summed E-state index contributed by atoms with van der Waals surface area (Å²) in [6.45, 7) is 0. The Labute approximate surface area is 400 Å². The second kappa shape index (κ2) is 15.0. The standard InChI is InChI=1S/C63H38N6O/c1-5-21-39(22-6-1)61-64-62(40-23-7-2-8-24-40)66-63(65-61)47-37-38-51(60-53(47)46-32-16-20-36-52(46)70-60)69-50-35-19-15-31-45(50)56-58-54(43-29-13-17-33-48(43)67(58)41-25-9-3-10-26-41)57-55(59(56)69)44-30-14-18-34-49(44)68(57)42-27-11-4-12-28-42/h1-38H. The van der Waals surface area contributed by atoms with E-state index in [1.807, 2.05) is 66.7 Å². The third-order valence-electron chi connectivity index (χ3n) is 14.0. The van der Waals surface area contributed by atoms with Crippen LogP contribution in [0.3, 0.4) is 0 Å². The molecule has 7 nitrogen and oxygen atoms in total. The van der Waals surface area contributed by atoms with Gasteiger partial charge < -0.3 is 18.1 Å². The van der Waals surface area contributed by atoms with Crippen molar-refractivity contribution in [3.8, 4) is 51.2 Å². The molecule has 0 amide bonds. The summed E-state index contributed by atoms with van der Waals surface area (Å²) in [6.07, 6.45) is 0. The highest BCUT2D eigenvalue weighted by atomic mass is 16.3. The van der Waals surface area contributed by atoms with Gasteiger partial charge in [0.25, 0.3) is 0 Å². The summed E-state index contributed by atoms with van der Waals surface area (Å²) in [7, 11) is 0. The highest BCUT2D eigenvalue weighted by Crippen LogP contribution is 2.51. The molecule has 0 radical (unpaired) electrons. The number of hydrogen-bond donors (Lipinski definition) is 0. The van der Waals surface area contributed by atoms with Crippen molar-refractivity contribution >= 4 is 87.4 Å². The van der Waals surface area contributed by atoms with Crippen molar-refractivity contribution in [2.75, 3.05) is 0 Å². The van der Waals surface area contributed by atoms with Gasteiger partial charge in [0.15, 0.2) is 23.1 Å². The molecule has 0 saturated heterocycles. The molecule has 326 valence electrons. The first-order valence-electron chi connectivity index (χ1n) is 23.6. The average molecular weight is 895 g/mol. The maximum atomic E-state index is 7.20. The number of furan rings is 1. The fourth-order valence-electron chi connectivity index (χ4n) is 11.2. The quantitative estimate of drug-likeness (QED) is 0.167. The first kappa shape index (κ1) is 38.5. The van der Waals surface area contributed by atoms with Crippen LogP contribution >= 0.6 is 0 Å². The summed E-state index contributed by atoms with van der Waals surface area (Å²) in [6, 6.07) is 81.2. The van der Waals surface area contributed by atoms with Crippen molar-refractivity contribution in [1.82, 2.24) is 28.7 Å². The maximum Gasteiger partial charge on any atom is 0.164 e. The van der Waals surface area contributed by atoms with E-state index in [1.54, 1.807) is 0 Å². The highest BCUT2D eigenvalue weighted by Gasteiger charge is 2.30. The van der Waals surface area contributed by atoms with E-state index in [1.165, 1.54) is 26.9 Å². The van der Waals surface area contributed by atoms with E-state index in [0.717, 1.165) is 94.2 Å². The van der Waals surface area contributed by atoms with Crippen LogP contribution in [0.4, 0.5) is 0 Å². The van der Waals surface area contributed by atoms with E-state index in [2.05, 4.69) is 177 Å². The van der Waals surface area contributed by atoms with Gasteiger partial charge in [0.1, 0.15) is 5.58 Å². The number of hydrogen-bond acceptors (Lipinski definition) is 4. The smallest absolute Gasteiger partial charge is 0.164 e. The van der Waals surface area contributed by atoms with E-state index in [9.17, 15) is 0 Å².